The van der Waals surface area contributed by atoms with Crippen LogP contribution in [-0.4, -0.2) is 44.2 Å². The maximum atomic E-state index is 5.21. The van der Waals surface area contributed by atoms with Crippen molar-refractivity contribution in [2.75, 3.05) is 33.3 Å². The molecule has 0 aromatic heterocycles. The summed E-state index contributed by atoms with van der Waals surface area (Å²) in [6.45, 7) is 7.26. The third-order valence-corrected chi connectivity index (χ3v) is 5.09. The summed E-state index contributed by atoms with van der Waals surface area (Å²) in [4.78, 5) is 2.72. The maximum Gasteiger partial charge on any atom is 0.118 e. The normalized spacial score (nSPS) is 29.6. The highest BCUT2D eigenvalue weighted by molar-refractivity contribution is 5.27. The van der Waals surface area contributed by atoms with Crippen LogP contribution in [0.25, 0.3) is 0 Å². The van der Waals surface area contributed by atoms with Crippen molar-refractivity contribution in [3.8, 4) is 5.75 Å². The molecule has 2 fully saturated rings. The minimum atomic E-state index is 0.785. The van der Waals surface area contributed by atoms with Gasteiger partial charge in [-0.2, -0.15) is 0 Å². The van der Waals surface area contributed by atoms with E-state index in [-0.39, 0.29) is 0 Å². The highest BCUT2D eigenvalue weighted by Gasteiger charge is 2.42. The largest absolute Gasteiger partial charge is 0.497 e. The van der Waals surface area contributed by atoms with Gasteiger partial charge >= 0.3 is 0 Å². The molecule has 3 unspecified atom stereocenters. The Labute approximate surface area is 122 Å². The van der Waals surface area contributed by atoms with Crippen LogP contribution in [0.3, 0.4) is 0 Å². The van der Waals surface area contributed by atoms with Gasteiger partial charge in [-0.3, -0.25) is 4.90 Å². The zero-order valence-corrected chi connectivity index (χ0v) is 12.6. The van der Waals surface area contributed by atoms with Crippen LogP contribution in [0, 0.1) is 11.8 Å². The summed E-state index contributed by atoms with van der Waals surface area (Å²) in [5, 5.41) is 3.56. The number of fused-ring (bicyclic) bond motifs is 1. The van der Waals surface area contributed by atoms with Crippen LogP contribution in [0.5, 0.6) is 5.75 Å². The van der Waals surface area contributed by atoms with Gasteiger partial charge in [0.1, 0.15) is 5.75 Å². The lowest BCUT2D eigenvalue weighted by Crippen LogP contribution is -2.36. The minimum absolute atomic E-state index is 0.785. The lowest BCUT2D eigenvalue weighted by atomic mass is 9.93. The molecule has 0 saturated carbocycles. The molecule has 1 aromatic rings. The Balaban J connectivity index is 1.57. The Hall–Kier alpha value is -1.06. The Bertz CT molecular complexity index is 431. The zero-order chi connectivity index (χ0) is 13.9. The second-order valence-electron chi connectivity index (χ2n) is 6.15. The van der Waals surface area contributed by atoms with Gasteiger partial charge in [-0.1, -0.05) is 19.1 Å². The molecule has 3 heteroatoms. The molecule has 2 aliphatic heterocycles. The summed E-state index contributed by atoms with van der Waals surface area (Å²) in [6.07, 6.45) is 2.43. The molecule has 0 spiro atoms. The number of nitrogens with zero attached hydrogens (tertiary/aromatic N) is 1. The second-order valence-corrected chi connectivity index (χ2v) is 6.15. The van der Waals surface area contributed by atoms with Crippen molar-refractivity contribution in [1.29, 1.82) is 0 Å². The first kappa shape index (κ1) is 13.9. The third kappa shape index (κ3) is 2.70. The van der Waals surface area contributed by atoms with E-state index in [1.165, 1.54) is 38.2 Å². The van der Waals surface area contributed by atoms with Crippen molar-refractivity contribution >= 4 is 0 Å². The van der Waals surface area contributed by atoms with Gasteiger partial charge in [0.05, 0.1) is 7.11 Å². The van der Waals surface area contributed by atoms with E-state index in [0.717, 1.165) is 30.0 Å². The monoisotopic (exact) mass is 274 g/mol. The van der Waals surface area contributed by atoms with E-state index in [9.17, 15) is 0 Å². The van der Waals surface area contributed by atoms with Crippen LogP contribution in [-0.2, 0) is 6.42 Å². The van der Waals surface area contributed by atoms with Crippen LogP contribution in [0.2, 0.25) is 0 Å². The lowest BCUT2D eigenvalue weighted by Gasteiger charge is -2.26. The number of rotatable bonds is 5. The van der Waals surface area contributed by atoms with E-state index in [4.69, 9.17) is 4.74 Å². The molecular weight excluding hydrogens is 248 g/mol. The molecule has 0 amide bonds. The van der Waals surface area contributed by atoms with E-state index >= 15 is 0 Å². The highest BCUT2D eigenvalue weighted by Crippen LogP contribution is 2.34. The SMILES string of the molecule is CCC1C2CNCC2CN1CCc1ccc(OC)cc1. The average Bonchev–Trinajstić information content (AvgIpc) is 3.05. The van der Waals surface area contributed by atoms with Crippen molar-refractivity contribution in [2.45, 2.75) is 25.8 Å². The summed E-state index contributed by atoms with van der Waals surface area (Å²) < 4.78 is 5.21. The van der Waals surface area contributed by atoms with Crippen molar-refractivity contribution in [3.63, 3.8) is 0 Å². The number of ether oxygens (including phenoxy) is 1. The number of hydrogen-bond acceptors (Lipinski definition) is 3. The summed E-state index contributed by atoms with van der Waals surface area (Å²) in [6, 6.07) is 9.30. The molecule has 3 rings (SSSR count). The van der Waals surface area contributed by atoms with Crippen LogP contribution in [0.1, 0.15) is 18.9 Å². The molecular formula is C17H26N2O. The van der Waals surface area contributed by atoms with Crippen molar-refractivity contribution < 1.29 is 4.74 Å². The Morgan fingerprint density at radius 1 is 1.25 bits per heavy atom. The van der Waals surface area contributed by atoms with E-state index in [1.807, 2.05) is 0 Å². The molecule has 2 aliphatic rings. The van der Waals surface area contributed by atoms with Crippen molar-refractivity contribution in [3.05, 3.63) is 29.8 Å². The second kappa shape index (κ2) is 6.15. The number of likely N-dealkylation sites (tertiary alicyclic amines) is 1. The van der Waals surface area contributed by atoms with Crippen LogP contribution in [0.4, 0.5) is 0 Å². The number of benzene rings is 1. The minimum Gasteiger partial charge on any atom is -0.497 e. The molecule has 1 N–H and O–H groups in total. The molecule has 3 nitrogen and oxygen atoms in total. The summed E-state index contributed by atoms with van der Waals surface area (Å²) in [7, 11) is 1.72. The first-order valence-electron chi connectivity index (χ1n) is 7.89. The molecule has 2 heterocycles. The van der Waals surface area contributed by atoms with Crippen LogP contribution >= 0.6 is 0 Å². The average molecular weight is 274 g/mol. The molecule has 2 saturated heterocycles. The number of nitrogens with one attached hydrogen (secondary N) is 1. The van der Waals surface area contributed by atoms with E-state index in [1.54, 1.807) is 7.11 Å². The molecule has 20 heavy (non-hydrogen) atoms. The summed E-state index contributed by atoms with van der Waals surface area (Å²) in [5.41, 5.74) is 1.41. The number of methoxy groups -OCH3 is 1. The van der Waals surface area contributed by atoms with E-state index in [0.29, 0.717) is 0 Å². The molecule has 0 bridgehead atoms. The third-order valence-electron chi connectivity index (χ3n) is 5.09. The molecule has 0 radical (unpaired) electrons. The van der Waals surface area contributed by atoms with Gasteiger partial charge in [0.25, 0.3) is 0 Å². The topological polar surface area (TPSA) is 24.5 Å². The maximum absolute atomic E-state index is 5.21. The highest BCUT2D eigenvalue weighted by atomic mass is 16.5. The van der Waals surface area contributed by atoms with E-state index in [2.05, 4.69) is 41.4 Å². The molecule has 3 atom stereocenters. The summed E-state index contributed by atoms with van der Waals surface area (Å²) >= 11 is 0. The van der Waals surface area contributed by atoms with Crippen LogP contribution < -0.4 is 10.1 Å². The van der Waals surface area contributed by atoms with Gasteiger partial charge in [0.2, 0.25) is 0 Å². The molecule has 1 aromatic carbocycles. The first-order valence-corrected chi connectivity index (χ1v) is 7.89. The summed E-state index contributed by atoms with van der Waals surface area (Å²) in [5.74, 6) is 2.72. The fraction of sp³-hybridized carbons (Fsp3) is 0.647. The fourth-order valence-corrected chi connectivity index (χ4v) is 3.99. The van der Waals surface area contributed by atoms with Gasteiger partial charge in [-0.25, -0.2) is 0 Å². The fourth-order valence-electron chi connectivity index (χ4n) is 3.99. The predicted octanol–water partition coefficient (Wildman–Crippen LogP) is 2.17. The molecule has 0 aliphatic carbocycles. The van der Waals surface area contributed by atoms with Gasteiger partial charge in [0.15, 0.2) is 0 Å². The Morgan fingerprint density at radius 2 is 2.05 bits per heavy atom. The van der Waals surface area contributed by atoms with Gasteiger partial charge in [-0.15, -0.1) is 0 Å². The Kier molecular flexibility index (Phi) is 4.27. The first-order chi connectivity index (χ1) is 9.81. The van der Waals surface area contributed by atoms with Crippen LogP contribution in [0.15, 0.2) is 24.3 Å². The Morgan fingerprint density at radius 3 is 2.75 bits per heavy atom. The predicted molar refractivity (Wildman–Crippen MR) is 82.2 cm³/mol. The molecule has 110 valence electrons. The smallest absolute Gasteiger partial charge is 0.118 e. The number of hydrogen-bond donors (Lipinski definition) is 1. The standard InChI is InChI=1S/C17H26N2O/c1-3-17-16-11-18-10-14(16)12-19(17)9-8-13-4-6-15(20-2)7-5-13/h4-7,14,16-18H,3,8-12H2,1-2H3. The van der Waals surface area contributed by atoms with Gasteiger partial charge in [-0.05, 0) is 55.5 Å². The zero-order valence-electron chi connectivity index (χ0n) is 12.6. The quantitative estimate of drug-likeness (QED) is 0.890. The lowest BCUT2D eigenvalue weighted by molar-refractivity contribution is 0.221. The van der Waals surface area contributed by atoms with Crippen molar-refractivity contribution in [2.24, 2.45) is 11.8 Å². The van der Waals surface area contributed by atoms with E-state index < -0.39 is 0 Å². The van der Waals surface area contributed by atoms with Crippen molar-refractivity contribution in [1.82, 2.24) is 10.2 Å². The van der Waals surface area contributed by atoms with Gasteiger partial charge in [0, 0.05) is 19.1 Å². The van der Waals surface area contributed by atoms with Gasteiger partial charge < -0.3 is 10.1 Å².